The fourth-order valence-electron chi connectivity index (χ4n) is 2.74. The molecule has 2 heterocycles. The molecule has 7 heteroatoms. The third kappa shape index (κ3) is 6.53. The Kier molecular flexibility index (Phi) is 8.16. The standard InChI is InChI=1S/C20H31N3O3S/c1-6-7-23(9-15(24)12-26-11-13(2)3)10-18-21-19(25)16-8-17(14(4)5)27-20(16)22-18/h6,8,13-15,24H,1,7,9-12H2,2-5H3,(H,21,22,25). The van der Waals surface area contributed by atoms with Crippen molar-refractivity contribution in [3.8, 4) is 0 Å². The second-order valence-corrected chi connectivity index (χ2v) is 8.67. The first-order valence-electron chi connectivity index (χ1n) is 9.41. The fraction of sp³-hybridized carbons (Fsp3) is 0.600. The molecule has 0 radical (unpaired) electrons. The highest BCUT2D eigenvalue weighted by atomic mass is 32.1. The number of thiophene rings is 1. The molecule has 0 aliphatic carbocycles. The normalized spacial score (nSPS) is 13.2. The van der Waals surface area contributed by atoms with Gasteiger partial charge < -0.3 is 14.8 Å². The van der Waals surface area contributed by atoms with Crippen LogP contribution in [0.2, 0.25) is 0 Å². The van der Waals surface area contributed by atoms with Crippen molar-refractivity contribution in [2.75, 3.05) is 26.3 Å². The van der Waals surface area contributed by atoms with Gasteiger partial charge in [-0.3, -0.25) is 9.69 Å². The van der Waals surface area contributed by atoms with E-state index in [1.54, 1.807) is 17.4 Å². The predicted octanol–water partition coefficient (Wildman–Crippen LogP) is 3.13. The summed E-state index contributed by atoms with van der Waals surface area (Å²) in [5.74, 6) is 1.40. The molecule has 2 N–H and O–H groups in total. The van der Waals surface area contributed by atoms with Crippen LogP contribution in [-0.4, -0.2) is 52.4 Å². The summed E-state index contributed by atoms with van der Waals surface area (Å²) in [4.78, 5) is 23.8. The Bertz CT molecular complexity index is 797. The Morgan fingerprint density at radius 3 is 2.74 bits per heavy atom. The molecule has 1 atom stereocenters. The van der Waals surface area contributed by atoms with E-state index in [0.29, 0.717) is 49.3 Å². The highest BCUT2D eigenvalue weighted by Gasteiger charge is 2.15. The maximum Gasteiger partial charge on any atom is 0.259 e. The molecule has 0 aliphatic rings. The highest BCUT2D eigenvalue weighted by molar-refractivity contribution is 7.18. The number of ether oxygens (including phenoxy) is 1. The summed E-state index contributed by atoms with van der Waals surface area (Å²) in [7, 11) is 0. The largest absolute Gasteiger partial charge is 0.389 e. The molecule has 0 spiro atoms. The molecule has 150 valence electrons. The number of hydrogen-bond acceptors (Lipinski definition) is 6. The van der Waals surface area contributed by atoms with Crippen molar-refractivity contribution in [3.63, 3.8) is 0 Å². The number of aromatic nitrogens is 2. The van der Waals surface area contributed by atoms with E-state index in [9.17, 15) is 9.90 Å². The topological polar surface area (TPSA) is 78.5 Å². The van der Waals surface area contributed by atoms with E-state index in [2.05, 4.69) is 44.2 Å². The van der Waals surface area contributed by atoms with Gasteiger partial charge in [-0.15, -0.1) is 17.9 Å². The molecule has 0 aliphatic heterocycles. The number of nitrogens with one attached hydrogen (secondary N) is 1. The lowest BCUT2D eigenvalue weighted by Crippen LogP contribution is -2.35. The van der Waals surface area contributed by atoms with Gasteiger partial charge in [0.15, 0.2) is 0 Å². The van der Waals surface area contributed by atoms with E-state index in [4.69, 9.17) is 4.74 Å². The zero-order valence-electron chi connectivity index (χ0n) is 16.7. The number of H-pyrrole nitrogens is 1. The molecular weight excluding hydrogens is 362 g/mol. The monoisotopic (exact) mass is 393 g/mol. The minimum atomic E-state index is -0.603. The smallest absolute Gasteiger partial charge is 0.259 e. The maximum absolute atomic E-state index is 12.4. The summed E-state index contributed by atoms with van der Waals surface area (Å²) < 4.78 is 5.51. The van der Waals surface area contributed by atoms with Gasteiger partial charge in [0.2, 0.25) is 0 Å². The van der Waals surface area contributed by atoms with E-state index in [1.807, 2.05) is 11.0 Å². The van der Waals surface area contributed by atoms with Crippen LogP contribution >= 0.6 is 11.3 Å². The van der Waals surface area contributed by atoms with Crippen LogP contribution in [-0.2, 0) is 11.3 Å². The Balaban J connectivity index is 2.08. The zero-order chi connectivity index (χ0) is 20.0. The molecule has 0 saturated heterocycles. The molecule has 2 aromatic rings. The Labute approximate surface area is 164 Å². The average molecular weight is 394 g/mol. The minimum Gasteiger partial charge on any atom is -0.389 e. The van der Waals surface area contributed by atoms with Crippen LogP contribution in [0.15, 0.2) is 23.5 Å². The van der Waals surface area contributed by atoms with Crippen molar-refractivity contribution in [1.29, 1.82) is 0 Å². The molecular formula is C20H31N3O3S. The lowest BCUT2D eigenvalue weighted by atomic mass is 10.2. The second-order valence-electron chi connectivity index (χ2n) is 7.60. The molecule has 0 amide bonds. The minimum absolute atomic E-state index is 0.113. The third-order valence-corrected chi connectivity index (χ3v) is 5.36. The number of aliphatic hydroxyl groups is 1. The molecule has 0 fully saturated rings. The summed E-state index contributed by atoms with van der Waals surface area (Å²) in [6.45, 7) is 14.5. The van der Waals surface area contributed by atoms with Gasteiger partial charge in [-0.2, -0.15) is 0 Å². The van der Waals surface area contributed by atoms with Crippen LogP contribution in [0.4, 0.5) is 0 Å². The van der Waals surface area contributed by atoms with Gasteiger partial charge in [0.05, 0.1) is 24.6 Å². The summed E-state index contributed by atoms with van der Waals surface area (Å²) in [6.07, 6.45) is 1.17. The van der Waals surface area contributed by atoms with Crippen molar-refractivity contribution in [2.24, 2.45) is 5.92 Å². The third-order valence-electron chi connectivity index (χ3n) is 4.03. The quantitative estimate of drug-likeness (QED) is 0.574. The maximum atomic E-state index is 12.4. The summed E-state index contributed by atoms with van der Waals surface area (Å²) >= 11 is 1.56. The molecule has 0 saturated carbocycles. The predicted molar refractivity (Wildman–Crippen MR) is 111 cm³/mol. The van der Waals surface area contributed by atoms with Gasteiger partial charge in [-0.05, 0) is 17.9 Å². The lowest BCUT2D eigenvalue weighted by molar-refractivity contribution is 0.00837. The van der Waals surface area contributed by atoms with Crippen LogP contribution in [0, 0.1) is 5.92 Å². The number of fused-ring (bicyclic) bond motifs is 1. The van der Waals surface area contributed by atoms with Gasteiger partial charge in [-0.25, -0.2) is 4.98 Å². The number of hydrogen-bond donors (Lipinski definition) is 2. The van der Waals surface area contributed by atoms with Crippen LogP contribution in [0.1, 0.15) is 44.3 Å². The number of aliphatic hydroxyl groups excluding tert-OH is 1. The van der Waals surface area contributed by atoms with E-state index in [0.717, 1.165) is 9.71 Å². The SMILES string of the molecule is C=CCN(Cc1nc2sc(C(C)C)cc2c(=O)[nH]1)CC(O)COCC(C)C. The molecule has 0 bridgehead atoms. The summed E-state index contributed by atoms with van der Waals surface area (Å²) in [5, 5.41) is 10.9. The first-order valence-corrected chi connectivity index (χ1v) is 10.2. The van der Waals surface area contributed by atoms with Gasteiger partial charge in [0.25, 0.3) is 5.56 Å². The van der Waals surface area contributed by atoms with Crippen molar-refractivity contribution >= 4 is 21.6 Å². The highest BCUT2D eigenvalue weighted by Crippen LogP contribution is 2.27. The molecule has 6 nitrogen and oxygen atoms in total. The van der Waals surface area contributed by atoms with Crippen LogP contribution < -0.4 is 5.56 Å². The Morgan fingerprint density at radius 2 is 2.11 bits per heavy atom. The molecule has 2 rings (SSSR count). The number of rotatable bonds is 11. The second kappa shape index (κ2) is 10.1. The first-order chi connectivity index (χ1) is 12.8. The molecule has 1 unspecified atom stereocenters. The Hall–Kier alpha value is -1.54. The van der Waals surface area contributed by atoms with Crippen molar-refractivity contribution in [1.82, 2.24) is 14.9 Å². The lowest BCUT2D eigenvalue weighted by Gasteiger charge is -2.23. The van der Waals surface area contributed by atoms with Crippen LogP contribution in [0.5, 0.6) is 0 Å². The van der Waals surface area contributed by atoms with Gasteiger partial charge in [0, 0.05) is 24.6 Å². The van der Waals surface area contributed by atoms with Crippen LogP contribution in [0.25, 0.3) is 10.2 Å². The van der Waals surface area contributed by atoms with E-state index >= 15 is 0 Å². The van der Waals surface area contributed by atoms with E-state index in [1.165, 1.54) is 0 Å². The average Bonchev–Trinajstić information content (AvgIpc) is 2.99. The fourth-order valence-corrected chi connectivity index (χ4v) is 3.80. The Morgan fingerprint density at radius 1 is 1.37 bits per heavy atom. The van der Waals surface area contributed by atoms with E-state index in [-0.39, 0.29) is 12.2 Å². The van der Waals surface area contributed by atoms with Gasteiger partial charge >= 0.3 is 0 Å². The zero-order valence-corrected chi connectivity index (χ0v) is 17.5. The van der Waals surface area contributed by atoms with Crippen molar-refractivity contribution < 1.29 is 9.84 Å². The summed E-state index contributed by atoms with van der Waals surface area (Å²) in [5.41, 5.74) is -0.113. The van der Waals surface area contributed by atoms with Crippen LogP contribution in [0.3, 0.4) is 0 Å². The van der Waals surface area contributed by atoms with Crippen molar-refractivity contribution in [2.45, 2.75) is 46.3 Å². The summed E-state index contributed by atoms with van der Waals surface area (Å²) in [6, 6.07) is 1.93. The van der Waals surface area contributed by atoms with Gasteiger partial charge in [-0.1, -0.05) is 33.8 Å². The molecule has 0 aromatic carbocycles. The number of nitrogens with zero attached hydrogens (tertiary/aromatic N) is 2. The first kappa shape index (κ1) is 21.8. The molecule has 27 heavy (non-hydrogen) atoms. The van der Waals surface area contributed by atoms with E-state index < -0.39 is 6.10 Å². The number of aromatic amines is 1. The van der Waals surface area contributed by atoms with Gasteiger partial charge in [0.1, 0.15) is 10.7 Å². The van der Waals surface area contributed by atoms with Crippen molar-refractivity contribution in [3.05, 3.63) is 39.8 Å². The molecule has 2 aromatic heterocycles.